The average Bonchev–Trinajstić information content (AvgIpc) is 2.39. The van der Waals surface area contributed by atoms with Gasteiger partial charge in [-0.15, -0.1) is 0 Å². The van der Waals surface area contributed by atoms with E-state index in [-0.39, 0.29) is 6.04 Å². The first kappa shape index (κ1) is 14.3. The zero-order valence-electron chi connectivity index (χ0n) is 12.1. The second-order valence-electron chi connectivity index (χ2n) is 5.92. The molecule has 0 aromatic carbocycles. The predicted octanol–water partition coefficient (Wildman–Crippen LogP) is 2.67. The number of methoxy groups -OCH3 is 1. The van der Waals surface area contributed by atoms with E-state index in [9.17, 15) is 0 Å². The molecule has 3 atom stereocenters. The molecule has 0 spiro atoms. The molecule has 4 heteroatoms. The van der Waals surface area contributed by atoms with Gasteiger partial charge in [0.2, 0.25) is 5.88 Å². The highest BCUT2D eigenvalue weighted by molar-refractivity contribution is 5.29. The van der Waals surface area contributed by atoms with Crippen molar-refractivity contribution in [2.45, 2.75) is 39.2 Å². The van der Waals surface area contributed by atoms with Crippen LogP contribution in [0.15, 0.2) is 18.3 Å². The lowest BCUT2D eigenvalue weighted by Crippen LogP contribution is -2.37. The summed E-state index contributed by atoms with van der Waals surface area (Å²) in [4.78, 5) is 4.28. The molecule has 0 radical (unpaired) electrons. The maximum absolute atomic E-state index is 5.82. The van der Waals surface area contributed by atoms with E-state index in [2.05, 4.69) is 30.3 Å². The van der Waals surface area contributed by atoms with Gasteiger partial charge in [-0.3, -0.25) is 11.3 Å². The van der Waals surface area contributed by atoms with Gasteiger partial charge in [0, 0.05) is 11.8 Å². The molecule has 1 heterocycles. The first-order valence-corrected chi connectivity index (χ1v) is 7.10. The number of hydrogen-bond acceptors (Lipinski definition) is 4. The van der Waals surface area contributed by atoms with Crippen molar-refractivity contribution in [3.05, 3.63) is 23.9 Å². The minimum absolute atomic E-state index is 0.119. The second kappa shape index (κ2) is 6.35. The molecule has 1 aliphatic rings. The van der Waals surface area contributed by atoms with Gasteiger partial charge in [0.15, 0.2) is 0 Å². The van der Waals surface area contributed by atoms with Gasteiger partial charge in [0.05, 0.1) is 13.2 Å². The number of pyridine rings is 1. The summed E-state index contributed by atoms with van der Waals surface area (Å²) < 4.78 is 5.37. The largest absolute Gasteiger partial charge is 0.481 e. The van der Waals surface area contributed by atoms with Crippen LogP contribution in [0.1, 0.15) is 44.7 Å². The molecule has 1 aliphatic carbocycles. The van der Waals surface area contributed by atoms with E-state index in [1.54, 1.807) is 13.3 Å². The maximum atomic E-state index is 5.82. The van der Waals surface area contributed by atoms with Crippen LogP contribution >= 0.6 is 0 Å². The third kappa shape index (κ3) is 3.25. The lowest BCUT2D eigenvalue weighted by Gasteiger charge is -2.36. The highest BCUT2D eigenvalue weighted by atomic mass is 16.5. The molecule has 0 aliphatic heterocycles. The molecule has 0 saturated heterocycles. The molecule has 4 nitrogen and oxygen atoms in total. The van der Waals surface area contributed by atoms with Crippen LogP contribution in [0.2, 0.25) is 0 Å². The highest BCUT2D eigenvalue weighted by Crippen LogP contribution is 2.41. The summed E-state index contributed by atoms with van der Waals surface area (Å²) in [6.07, 6.45) is 5.48. The van der Waals surface area contributed by atoms with Crippen LogP contribution in [0.5, 0.6) is 5.88 Å². The SMILES string of the molecule is COc1ncccc1C(NN)C1CC(C)CC(C)C1. The molecule has 19 heavy (non-hydrogen) atoms. The Bertz CT molecular complexity index is 400. The number of nitrogens with zero attached hydrogens (tertiary/aromatic N) is 1. The number of rotatable bonds is 4. The molecule has 1 aromatic heterocycles. The van der Waals surface area contributed by atoms with Crippen molar-refractivity contribution >= 4 is 0 Å². The van der Waals surface area contributed by atoms with E-state index in [1.165, 1.54) is 19.3 Å². The number of aromatic nitrogens is 1. The first-order valence-electron chi connectivity index (χ1n) is 7.10. The van der Waals surface area contributed by atoms with E-state index in [0.29, 0.717) is 11.8 Å². The summed E-state index contributed by atoms with van der Waals surface area (Å²) >= 11 is 0. The number of hydrogen-bond donors (Lipinski definition) is 2. The van der Waals surface area contributed by atoms with Crippen LogP contribution in [0.3, 0.4) is 0 Å². The summed E-state index contributed by atoms with van der Waals surface area (Å²) in [5.74, 6) is 8.55. The van der Waals surface area contributed by atoms with Crippen molar-refractivity contribution in [3.63, 3.8) is 0 Å². The van der Waals surface area contributed by atoms with E-state index in [1.807, 2.05) is 6.07 Å². The third-order valence-corrected chi connectivity index (χ3v) is 4.19. The Labute approximate surface area is 115 Å². The Hall–Kier alpha value is -1.13. The Morgan fingerprint density at radius 1 is 1.32 bits per heavy atom. The Balaban J connectivity index is 2.23. The van der Waals surface area contributed by atoms with E-state index < -0.39 is 0 Å². The smallest absolute Gasteiger partial charge is 0.217 e. The fourth-order valence-electron chi connectivity index (χ4n) is 3.57. The first-order chi connectivity index (χ1) is 9.15. The van der Waals surface area contributed by atoms with Crippen molar-refractivity contribution < 1.29 is 4.74 Å². The van der Waals surface area contributed by atoms with Crippen molar-refractivity contribution in [1.29, 1.82) is 0 Å². The normalized spacial score (nSPS) is 28.9. The molecule has 2 rings (SSSR count). The summed E-state index contributed by atoms with van der Waals surface area (Å²) in [7, 11) is 1.66. The molecule has 3 N–H and O–H groups in total. The Morgan fingerprint density at radius 2 is 2.00 bits per heavy atom. The van der Waals surface area contributed by atoms with Crippen LogP contribution in [0.25, 0.3) is 0 Å². The van der Waals surface area contributed by atoms with Gasteiger partial charge in [0.25, 0.3) is 0 Å². The molecule has 1 aromatic rings. The summed E-state index contributed by atoms with van der Waals surface area (Å²) in [5.41, 5.74) is 4.05. The Morgan fingerprint density at radius 3 is 2.58 bits per heavy atom. The van der Waals surface area contributed by atoms with Gasteiger partial charge in [-0.05, 0) is 43.1 Å². The third-order valence-electron chi connectivity index (χ3n) is 4.19. The molecule has 3 unspecified atom stereocenters. The summed E-state index contributed by atoms with van der Waals surface area (Å²) in [5, 5.41) is 0. The maximum Gasteiger partial charge on any atom is 0.217 e. The quantitative estimate of drug-likeness (QED) is 0.647. The molecule has 0 amide bonds. The Kier molecular flexibility index (Phi) is 4.77. The van der Waals surface area contributed by atoms with Gasteiger partial charge in [-0.2, -0.15) is 0 Å². The van der Waals surface area contributed by atoms with Crippen LogP contribution in [0, 0.1) is 17.8 Å². The lowest BCUT2D eigenvalue weighted by molar-refractivity contribution is 0.174. The molecule has 106 valence electrons. The minimum Gasteiger partial charge on any atom is -0.481 e. The molecule has 1 fully saturated rings. The van der Waals surface area contributed by atoms with Crippen LogP contribution < -0.4 is 16.0 Å². The predicted molar refractivity (Wildman–Crippen MR) is 76.5 cm³/mol. The fourth-order valence-corrected chi connectivity index (χ4v) is 3.57. The standard InChI is InChI=1S/C15H25N3O/c1-10-7-11(2)9-12(8-10)14(18-16)13-5-4-6-17-15(13)19-3/h4-6,10-12,14,18H,7-9,16H2,1-3H3. The zero-order chi connectivity index (χ0) is 13.8. The van der Waals surface area contributed by atoms with Crippen molar-refractivity contribution in [2.75, 3.05) is 7.11 Å². The van der Waals surface area contributed by atoms with Crippen molar-refractivity contribution in [3.8, 4) is 5.88 Å². The fraction of sp³-hybridized carbons (Fsp3) is 0.667. The van der Waals surface area contributed by atoms with E-state index in [0.717, 1.165) is 17.4 Å². The number of nitrogens with two attached hydrogens (primary N) is 1. The van der Waals surface area contributed by atoms with Gasteiger partial charge in [-0.1, -0.05) is 19.9 Å². The minimum atomic E-state index is 0.119. The van der Waals surface area contributed by atoms with Crippen LogP contribution in [-0.2, 0) is 0 Å². The topological polar surface area (TPSA) is 60.2 Å². The van der Waals surface area contributed by atoms with Gasteiger partial charge < -0.3 is 4.74 Å². The monoisotopic (exact) mass is 263 g/mol. The van der Waals surface area contributed by atoms with Crippen LogP contribution in [-0.4, -0.2) is 12.1 Å². The van der Waals surface area contributed by atoms with Crippen molar-refractivity contribution in [2.24, 2.45) is 23.6 Å². The zero-order valence-corrected chi connectivity index (χ0v) is 12.1. The average molecular weight is 263 g/mol. The number of nitrogens with one attached hydrogen (secondary N) is 1. The van der Waals surface area contributed by atoms with Gasteiger partial charge in [0.1, 0.15) is 0 Å². The number of ether oxygens (including phenoxy) is 1. The molecular weight excluding hydrogens is 238 g/mol. The highest BCUT2D eigenvalue weighted by Gasteiger charge is 2.31. The van der Waals surface area contributed by atoms with Crippen LogP contribution in [0.4, 0.5) is 0 Å². The molecule has 0 bridgehead atoms. The lowest BCUT2D eigenvalue weighted by atomic mass is 9.72. The van der Waals surface area contributed by atoms with Crippen molar-refractivity contribution in [1.82, 2.24) is 10.4 Å². The molecular formula is C15H25N3O. The summed E-state index contributed by atoms with van der Waals surface area (Å²) in [6.45, 7) is 4.66. The number of hydrazine groups is 1. The van der Waals surface area contributed by atoms with Gasteiger partial charge >= 0.3 is 0 Å². The second-order valence-corrected chi connectivity index (χ2v) is 5.92. The van der Waals surface area contributed by atoms with Gasteiger partial charge in [-0.25, -0.2) is 4.98 Å². The van der Waals surface area contributed by atoms with E-state index in [4.69, 9.17) is 10.6 Å². The molecule has 1 saturated carbocycles. The summed E-state index contributed by atoms with van der Waals surface area (Å²) in [6, 6.07) is 4.12. The van der Waals surface area contributed by atoms with E-state index >= 15 is 0 Å².